The van der Waals surface area contributed by atoms with Crippen LogP contribution in [0, 0.1) is 5.82 Å². The smallest absolute Gasteiger partial charge is 0.171 e. The second-order valence-corrected chi connectivity index (χ2v) is 3.41. The largest absolute Gasteiger partial charge is 0.207 e. The Morgan fingerprint density at radius 2 is 2.20 bits per heavy atom. The van der Waals surface area contributed by atoms with E-state index in [2.05, 4.69) is 15.5 Å². The van der Waals surface area contributed by atoms with Crippen molar-refractivity contribution in [1.29, 1.82) is 0 Å². The first-order valence-electron chi connectivity index (χ1n) is 4.01. The summed E-state index contributed by atoms with van der Waals surface area (Å²) >= 11 is 11.5. The van der Waals surface area contributed by atoms with Gasteiger partial charge < -0.3 is 0 Å². The highest BCUT2D eigenvalue weighted by molar-refractivity contribution is 6.32. The minimum absolute atomic E-state index is 0.125. The van der Waals surface area contributed by atoms with Crippen LogP contribution in [0.1, 0.15) is 5.82 Å². The predicted molar refractivity (Wildman–Crippen MR) is 53.7 cm³/mol. The number of tetrazole rings is 1. The monoisotopic (exact) mass is 246 g/mol. The van der Waals surface area contributed by atoms with Gasteiger partial charge in [0.05, 0.1) is 16.6 Å². The first-order chi connectivity index (χ1) is 7.22. The molecule has 0 aliphatic heterocycles. The van der Waals surface area contributed by atoms with E-state index in [1.165, 1.54) is 22.9 Å². The summed E-state index contributed by atoms with van der Waals surface area (Å²) < 4.78 is 14.3. The molecule has 15 heavy (non-hydrogen) atoms. The number of alkyl halides is 1. The molecule has 1 aromatic heterocycles. The third kappa shape index (κ3) is 1.93. The quantitative estimate of drug-likeness (QED) is 0.764. The molecule has 2 rings (SSSR count). The van der Waals surface area contributed by atoms with Gasteiger partial charge in [0.25, 0.3) is 0 Å². The zero-order chi connectivity index (χ0) is 10.8. The first kappa shape index (κ1) is 10.3. The van der Waals surface area contributed by atoms with Crippen molar-refractivity contribution < 1.29 is 4.39 Å². The van der Waals surface area contributed by atoms with Crippen molar-refractivity contribution in [3.63, 3.8) is 0 Å². The van der Waals surface area contributed by atoms with Crippen LogP contribution in [0.4, 0.5) is 4.39 Å². The van der Waals surface area contributed by atoms with E-state index >= 15 is 0 Å². The van der Waals surface area contributed by atoms with Gasteiger partial charge in [0.1, 0.15) is 5.82 Å². The fourth-order valence-corrected chi connectivity index (χ4v) is 1.49. The Morgan fingerprint density at radius 3 is 2.93 bits per heavy atom. The molecule has 1 aromatic carbocycles. The van der Waals surface area contributed by atoms with Gasteiger partial charge in [-0.1, -0.05) is 11.6 Å². The van der Waals surface area contributed by atoms with E-state index in [1.807, 2.05) is 0 Å². The Balaban J connectivity index is 2.58. The summed E-state index contributed by atoms with van der Waals surface area (Å²) in [5.41, 5.74) is 0.373. The molecule has 0 fully saturated rings. The maximum absolute atomic E-state index is 13.0. The number of hydrogen-bond acceptors (Lipinski definition) is 3. The Hall–Kier alpha value is -1.20. The molecule has 0 N–H and O–H groups in total. The van der Waals surface area contributed by atoms with Crippen LogP contribution in [0.2, 0.25) is 5.02 Å². The van der Waals surface area contributed by atoms with Gasteiger partial charge in [-0.3, -0.25) is 0 Å². The minimum Gasteiger partial charge on any atom is -0.207 e. The Kier molecular flexibility index (Phi) is 2.83. The van der Waals surface area contributed by atoms with Crippen molar-refractivity contribution in [3.05, 3.63) is 34.9 Å². The summed E-state index contributed by atoms with van der Waals surface area (Å²) in [5.74, 6) is 0.120. The molecular weight excluding hydrogens is 242 g/mol. The van der Waals surface area contributed by atoms with Crippen molar-refractivity contribution in [3.8, 4) is 5.69 Å². The van der Waals surface area contributed by atoms with E-state index in [9.17, 15) is 4.39 Å². The van der Waals surface area contributed by atoms with Crippen LogP contribution in [0.3, 0.4) is 0 Å². The van der Waals surface area contributed by atoms with Crippen LogP contribution in [0.25, 0.3) is 5.69 Å². The van der Waals surface area contributed by atoms with Gasteiger partial charge in [0.2, 0.25) is 0 Å². The molecule has 1 heterocycles. The van der Waals surface area contributed by atoms with Gasteiger partial charge in [0.15, 0.2) is 5.82 Å². The maximum atomic E-state index is 13.0. The standard InChI is InChI=1S/C8H5Cl2FN4/c9-4-8-12-13-14-15(8)7-3-5(11)1-2-6(7)10/h1-3H,4H2. The van der Waals surface area contributed by atoms with Crippen LogP contribution in [-0.2, 0) is 5.88 Å². The summed E-state index contributed by atoms with van der Waals surface area (Å²) in [6, 6.07) is 3.94. The molecular formula is C8H5Cl2FN4. The fourth-order valence-electron chi connectivity index (χ4n) is 1.12. The number of rotatable bonds is 2. The zero-order valence-corrected chi connectivity index (χ0v) is 8.87. The summed E-state index contributed by atoms with van der Waals surface area (Å²) in [6.45, 7) is 0. The van der Waals surface area contributed by atoms with Gasteiger partial charge in [-0.15, -0.1) is 16.7 Å². The molecule has 0 aliphatic rings. The molecule has 7 heteroatoms. The average Bonchev–Trinajstić information content (AvgIpc) is 2.69. The molecule has 0 aliphatic carbocycles. The van der Waals surface area contributed by atoms with Gasteiger partial charge >= 0.3 is 0 Å². The Labute approximate surface area is 94.6 Å². The topological polar surface area (TPSA) is 43.6 Å². The molecule has 0 saturated heterocycles. The SMILES string of the molecule is Fc1ccc(Cl)c(-n2nnnc2CCl)c1. The highest BCUT2D eigenvalue weighted by Crippen LogP contribution is 2.21. The van der Waals surface area contributed by atoms with Crippen LogP contribution in [0.15, 0.2) is 18.2 Å². The molecule has 0 amide bonds. The lowest BCUT2D eigenvalue weighted by atomic mass is 10.3. The van der Waals surface area contributed by atoms with Crippen LogP contribution in [0.5, 0.6) is 0 Å². The predicted octanol–water partition coefficient (Wildman–Crippen LogP) is 2.19. The van der Waals surface area contributed by atoms with Crippen molar-refractivity contribution in [2.45, 2.75) is 5.88 Å². The molecule has 4 nitrogen and oxygen atoms in total. The van der Waals surface area contributed by atoms with Crippen molar-refractivity contribution in [2.75, 3.05) is 0 Å². The van der Waals surface area contributed by atoms with Gasteiger partial charge in [-0.25, -0.2) is 4.39 Å². The maximum Gasteiger partial charge on any atom is 0.171 e. The second-order valence-electron chi connectivity index (χ2n) is 2.74. The Bertz CT molecular complexity index is 485. The minimum atomic E-state index is -0.412. The van der Waals surface area contributed by atoms with Gasteiger partial charge in [-0.2, -0.15) is 4.68 Å². The van der Waals surface area contributed by atoms with E-state index in [0.29, 0.717) is 16.5 Å². The Morgan fingerprint density at radius 1 is 1.40 bits per heavy atom. The van der Waals surface area contributed by atoms with Crippen LogP contribution >= 0.6 is 23.2 Å². The van der Waals surface area contributed by atoms with Crippen molar-refractivity contribution in [1.82, 2.24) is 20.2 Å². The summed E-state index contributed by atoms with van der Waals surface area (Å²) in [5, 5.41) is 11.1. The van der Waals surface area contributed by atoms with Crippen LogP contribution < -0.4 is 0 Å². The third-order valence-electron chi connectivity index (χ3n) is 1.79. The lowest BCUT2D eigenvalue weighted by Crippen LogP contribution is -2.02. The average molecular weight is 247 g/mol. The lowest BCUT2D eigenvalue weighted by Gasteiger charge is -2.04. The van der Waals surface area contributed by atoms with Gasteiger partial charge in [0, 0.05) is 6.07 Å². The third-order valence-corrected chi connectivity index (χ3v) is 2.35. The van der Waals surface area contributed by atoms with E-state index in [0.717, 1.165) is 0 Å². The number of benzene rings is 1. The molecule has 0 unspecified atom stereocenters. The van der Waals surface area contributed by atoms with E-state index in [1.54, 1.807) is 0 Å². The number of aromatic nitrogens is 4. The van der Waals surface area contributed by atoms with Gasteiger partial charge in [-0.05, 0) is 22.6 Å². The molecule has 78 valence electrons. The van der Waals surface area contributed by atoms with E-state index in [4.69, 9.17) is 23.2 Å². The second kappa shape index (κ2) is 4.12. The summed E-state index contributed by atoms with van der Waals surface area (Å²) in [6.07, 6.45) is 0. The first-order valence-corrected chi connectivity index (χ1v) is 4.92. The van der Waals surface area contributed by atoms with Crippen LogP contribution in [-0.4, -0.2) is 20.2 Å². The molecule has 0 radical (unpaired) electrons. The lowest BCUT2D eigenvalue weighted by molar-refractivity contribution is 0.624. The van der Waals surface area contributed by atoms with Crippen molar-refractivity contribution in [2.24, 2.45) is 0 Å². The normalized spacial score (nSPS) is 10.6. The molecule has 0 bridgehead atoms. The summed E-state index contributed by atoms with van der Waals surface area (Å²) in [4.78, 5) is 0. The zero-order valence-electron chi connectivity index (χ0n) is 7.36. The van der Waals surface area contributed by atoms with Crippen molar-refractivity contribution >= 4 is 23.2 Å². The fraction of sp³-hybridized carbons (Fsp3) is 0.125. The molecule has 2 aromatic rings. The molecule has 0 atom stereocenters. The number of nitrogens with zero attached hydrogens (tertiary/aromatic N) is 4. The summed E-state index contributed by atoms with van der Waals surface area (Å²) in [7, 11) is 0. The molecule has 0 spiro atoms. The number of halogens is 3. The number of hydrogen-bond donors (Lipinski definition) is 0. The highest BCUT2D eigenvalue weighted by Gasteiger charge is 2.11. The molecule has 0 saturated carbocycles. The van der Waals surface area contributed by atoms with E-state index < -0.39 is 5.82 Å². The highest BCUT2D eigenvalue weighted by atomic mass is 35.5. The van der Waals surface area contributed by atoms with E-state index in [-0.39, 0.29) is 5.88 Å².